The summed E-state index contributed by atoms with van der Waals surface area (Å²) in [6.07, 6.45) is 5.00. The lowest BCUT2D eigenvalue weighted by Crippen LogP contribution is -2.34. The Bertz CT molecular complexity index is 426. The van der Waals surface area contributed by atoms with Crippen LogP contribution >= 0.6 is 0 Å². The van der Waals surface area contributed by atoms with Crippen molar-refractivity contribution < 1.29 is 0 Å². The Hall–Kier alpha value is -1.61. The average Bonchev–Trinajstić information content (AvgIpc) is 2.69. The molecule has 2 heterocycles. The molecule has 2 aromatic rings. The second-order valence-electron chi connectivity index (χ2n) is 3.84. The topological polar surface area (TPSA) is 29.9 Å². The molecule has 1 aromatic carbocycles. The zero-order valence-corrected chi connectivity index (χ0v) is 8.43. The fourth-order valence-electron chi connectivity index (χ4n) is 1.85. The third kappa shape index (κ3) is 1.55. The van der Waals surface area contributed by atoms with E-state index in [2.05, 4.69) is 34.7 Å². The van der Waals surface area contributed by atoms with Gasteiger partial charge in [-0.3, -0.25) is 0 Å². The van der Waals surface area contributed by atoms with Gasteiger partial charge in [0.25, 0.3) is 0 Å². The third-order valence-corrected chi connectivity index (χ3v) is 2.89. The van der Waals surface area contributed by atoms with Crippen molar-refractivity contribution in [2.45, 2.75) is 12.5 Å². The minimum atomic E-state index is 0.566. The zero-order valence-electron chi connectivity index (χ0n) is 8.43. The van der Waals surface area contributed by atoms with Gasteiger partial charge in [-0.25, -0.2) is 4.68 Å². The Morgan fingerprint density at radius 2 is 2.07 bits per heavy atom. The van der Waals surface area contributed by atoms with Crippen molar-refractivity contribution in [3.8, 4) is 5.69 Å². The van der Waals surface area contributed by atoms with Gasteiger partial charge in [-0.15, -0.1) is 0 Å². The molecule has 1 saturated heterocycles. The van der Waals surface area contributed by atoms with Crippen molar-refractivity contribution in [1.82, 2.24) is 15.1 Å². The van der Waals surface area contributed by atoms with Gasteiger partial charge in [0.2, 0.25) is 0 Å². The first kappa shape index (κ1) is 8.68. The SMILES string of the molecule is c1cnn(-c2ccc(C3CCN3)cc2)c1. The van der Waals surface area contributed by atoms with Crippen LogP contribution in [-0.2, 0) is 0 Å². The quantitative estimate of drug-likeness (QED) is 0.800. The Kier molecular flexibility index (Phi) is 2.03. The van der Waals surface area contributed by atoms with E-state index < -0.39 is 0 Å². The molecule has 0 amide bonds. The number of nitrogens with zero attached hydrogens (tertiary/aromatic N) is 2. The molecule has 15 heavy (non-hydrogen) atoms. The summed E-state index contributed by atoms with van der Waals surface area (Å²) in [7, 11) is 0. The highest BCUT2D eigenvalue weighted by atomic mass is 15.3. The highest BCUT2D eigenvalue weighted by molar-refractivity contribution is 5.35. The highest BCUT2D eigenvalue weighted by Crippen LogP contribution is 2.23. The molecular formula is C12H13N3. The van der Waals surface area contributed by atoms with Crippen molar-refractivity contribution in [2.24, 2.45) is 0 Å². The Morgan fingerprint density at radius 1 is 1.27 bits per heavy atom. The minimum Gasteiger partial charge on any atom is -0.310 e. The van der Waals surface area contributed by atoms with E-state index in [0.29, 0.717) is 6.04 Å². The zero-order chi connectivity index (χ0) is 10.1. The molecule has 1 aromatic heterocycles. The molecule has 0 saturated carbocycles. The first-order valence-corrected chi connectivity index (χ1v) is 5.27. The van der Waals surface area contributed by atoms with Crippen LogP contribution in [0.25, 0.3) is 5.69 Å². The normalized spacial score (nSPS) is 19.9. The van der Waals surface area contributed by atoms with Gasteiger partial charge in [-0.1, -0.05) is 12.1 Å². The van der Waals surface area contributed by atoms with Crippen LogP contribution in [-0.4, -0.2) is 16.3 Å². The number of benzene rings is 1. The fourth-order valence-corrected chi connectivity index (χ4v) is 1.85. The first-order chi connectivity index (χ1) is 7.43. The predicted molar refractivity (Wildman–Crippen MR) is 58.9 cm³/mol. The molecule has 0 spiro atoms. The number of nitrogens with one attached hydrogen (secondary N) is 1. The molecule has 1 fully saturated rings. The molecule has 0 aliphatic carbocycles. The van der Waals surface area contributed by atoms with Crippen LogP contribution in [0.3, 0.4) is 0 Å². The van der Waals surface area contributed by atoms with Crippen LogP contribution in [0.1, 0.15) is 18.0 Å². The number of hydrogen-bond acceptors (Lipinski definition) is 2. The molecule has 3 rings (SSSR count). The number of rotatable bonds is 2. The maximum absolute atomic E-state index is 4.20. The van der Waals surface area contributed by atoms with Gasteiger partial charge in [0.1, 0.15) is 0 Å². The van der Waals surface area contributed by atoms with Gasteiger partial charge < -0.3 is 5.32 Å². The van der Waals surface area contributed by atoms with E-state index >= 15 is 0 Å². The maximum atomic E-state index is 4.20. The van der Waals surface area contributed by atoms with Crippen molar-refractivity contribution in [2.75, 3.05) is 6.54 Å². The first-order valence-electron chi connectivity index (χ1n) is 5.27. The molecule has 76 valence electrons. The van der Waals surface area contributed by atoms with E-state index in [4.69, 9.17) is 0 Å². The third-order valence-electron chi connectivity index (χ3n) is 2.89. The van der Waals surface area contributed by atoms with Crippen LogP contribution in [0.2, 0.25) is 0 Å². The van der Waals surface area contributed by atoms with Crippen LogP contribution < -0.4 is 5.32 Å². The number of aromatic nitrogens is 2. The summed E-state index contributed by atoms with van der Waals surface area (Å²) >= 11 is 0. The van der Waals surface area contributed by atoms with Crippen LogP contribution in [0.5, 0.6) is 0 Å². The van der Waals surface area contributed by atoms with Gasteiger partial charge in [0.05, 0.1) is 5.69 Å². The molecule has 0 bridgehead atoms. The van der Waals surface area contributed by atoms with Crippen LogP contribution in [0, 0.1) is 0 Å². The molecule has 1 unspecified atom stereocenters. The number of hydrogen-bond donors (Lipinski definition) is 1. The summed E-state index contributed by atoms with van der Waals surface area (Å²) < 4.78 is 1.87. The average molecular weight is 199 g/mol. The van der Waals surface area contributed by atoms with Crippen LogP contribution in [0.15, 0.2) is 42.7 Å². The summed E-state index contributed by atoms with van der Waals surface area (Å²) in [6.45, 7) is 1.14. The van der Waals surface area contributed by atoms with E-state index in [1.54, 1.807) is 6.20 Å². The molecule has 3 nitrogen and oxygen atoms in total. The summed E-state index contributed by atoms with van der Waals surface area (Å²) in [5, 5.41) is 7.59. The second kappa shape index (κ2) is 3.51. The summed E-state index contributed by atoms with van der Waals surface area (Å²) in [5.41, 5.74) is 2.49. The van der Waals surface area contributed by atoms with E-state index in [0.717, 1.165) is 12.2 Å². The van der Waals surface area contributed by atoms with Gasteiger partial charge in [-0.2, -0.15) is 5.10 Å². The minimum absolute atomic E-state index is 0.566. The molecule has 3 heteroatoms. The van der Waals surface area contributed by atoms with E-state index in [9.17, 15) is 0 Å². The second-order valence-corrected chi connectivity index (χ2v) is 3.84. The smallest absolute Gasteiger partial charge is 0.0645 e. The lowest BCUT2D eigenvalue weighted by atomic mass is 9.98. The van der Waals surface area contributed by atoms with E-state index in [1.165, 1.54) is 12.0 Å². The standard InChI is InChI=1S/C12H13N3/c1-7-14-15(9-1)11-4-2-10(3-5-11)12-6-8-13-12/h1-5,7,9,12-13H,6,8H2. The van der Waals surface area contributed by atoms with Gasteiger partial charge in [0, 0.05) is 18.4 Å². The fraction of sp³-hybridized carbons (Fsp3) is 0.250. The lowest BCUT2D eigenvalue weighted by molar-refractivity contribution is 0.383. The molecule has 0 radical (unpaired) electrons. The van der Waals surface area contributed by atoms with Gasteiger partial charge in [-0.05, 0) is 36.7 Å². The van der Waals surface area contributed by atoms with Gasteiger partial charge >= 0.3 is 0 Å². The monoisotopic (exact) mass is 199 g/mol. The summed E-state index contributed by atoms with van der Waals surface area (Å²) in [4.78, 5) is 0. The molecule has 1 aliphatic rings. The molecule has 1 aliphatic heterocycles. The van der Waals surface area contributed by atoms with Crippen LogP contribution in [0.4, 0.5) is 0 Å². The van der Waals surface area contributed by atoms with Crippen molar-refractivity contribution in [3.63, 3.8) is 0 Å². The summed E-state index contributed by atoms with van der Waals surface area (Å²) in [5.74, 6) is 0. The summed E-state index contributed by atoms with van der Waals surface area (Å²) in [6, 6.07) is 11.1. The van der Waals surface area contributed by atoms with Crippen molar-refractivity contribution in [1.29, 1.82) is 0 Å². The van der Waals surface area contributed by atoms with E-state index in [-0.39, 0.29) is 0 Å². The highest BCUT2D eigenvalue weighted by Gasteiger charge is 2.17. The predicted octanol–water partition coefficient (Wildman–Crippen LogP) is 1.91. The van der Waals surface area contributed by atoms with Crippen molar-refractivity contribution in [3.05, 3.63) is 48.3 Å². The van der Waals surface area contributed by atoms with Gasteiger partial charge in [0.15, 0.2) is 0 Å². The lowest BCUT2D eigenvalue weighted by Gasteiger charge is -2.28. The molecule has 1 N–H and O–H groups in total. The maximum Gasteiger partial charge on any atom is 0.0645 e. The van der Waals surface area contributed by atoms with Crippen molar-refractivity contribution >= 4 is 0 Å². The Balaban J connectivity index is 1.87. The molecular weight excluding hydrogens is 186 g/mol. The van der Waals surface area contributed by atoms with E-state index in [1.807, 2.05) is 16.9 Å². The Morgan fingerprint density at radius 3 is 2.60 bits per heavy atom. The molecule has 1 atom stereocenters. The largest absolute Gasteiger partial charge is 0.310 e. The Labute approximate surface area is 88.7 Å².